The van der Waals surface area contributed by atoms with E-state index in [2.05, 4.69) is 37.8 Å². The van der Waals surface area contributed by atoms with E-state index in [0.29, 0.717) is 5.92 Å². The van der Waals surface area contributed by atoms with E-state index in [4.69, 9.17) is 14.6 Å². The Morgan fingerprint density at radius 2 is 1.97 bits per heavy atom. The molecule has 1 aliphatic carbocycles. The van der Waals surface area contributed by atoms with Crippen molar-refractivity contribution in [2.45, 2.75) is 116 Å². The van der Waals surface area contributed by atoms with E-state index in [9.17, 15) is 9.90 Å². The molecule has 0 radical (unpaired) electrons. The minimum absolute atomic E-state index is 0.0825. The van der Waals surface area contributed by atoms with Gasteiger partial charge in [0.25, 0.3) is 0 Å². The third-order valence-corrected chi connectivity index (χ3v) is 6.98. The predicted molar refractivity (Wildman–Crippen MR) is 127 cm³/mol. The van der Waals surface area contributed by atoms with Gasteiger partial charge in [-0.2, -0.15) is 0 Å². The van der Waals surface area contributed by atoms with E-state index in [1.807, 2.05) is 6.92 Å². The fraction of sp³-hybridized carbons (Fsp3) is 0.815. The Labute approximate surface area is 195 Å². The number of carbonyl (C=O) groups is 1. The van der Waals surface area contributed by atoms with Crippen LogP contribution in [0.2, 0.25) is 0 Å². The summed E-state index contributed by atoms with van der Waals surface area (Å²) in [5.41, 5.74) is -0.128. The standard InChI is InChI=1S/C27H44O5/c1-4-5-19-27(2,3)24(32-26-14-10-11-20-31-26)18-16-21-15-17-23(28)22(21)12-8-6-7-9-13-25(29)30/h16,18,21-24,26,28H,6-15,17,19-20H2,1-3H3,(H,29,30)/t21-,22-,23+,24-,26?/m1/s1. The molecule has 1 unspecified atom stereocenters. The molecule has 5 nitrogen and oxygen atoms in total. The summed E-state index contributed by atoms with van der Waals surface area (Å²) in [4.78, 5) is 10.6. The van der Waals surface area contributed by atoms with Gasteiger partial charge in [-0.3, -0.25) is 4.79 Å². The van der Waals surface area contributed by atoms with Gasteiger partial charge >= 0.3 is 5.97 Å². The van der Waals surface area contributed by atoms with Crippen molar-refractivity contribution in [3.8, 4) is 11.8 Å². The first-order chi connectivity index (χ1) is 15.3. The normalized spacial score (nSPS) is 27.2. The van der Waals surface area contributed by atoms with E-state index in [0.717, 1.165) is 77.2 Å². The molecule has 2 aliphatic rings. The van der Waals surface area contributed by atoms with Crippen molar-refractivity contribution in [2.24, 2.45) is 17.3 Å². The number of carboxylic acids is 1. The van der Waals surface area contributed by atoms with Gasteiger partial charge in [0.05, 0.1) is 12.2 Å². The number of aliphatic hydroxyl groups is 1. The van der Waals surface area contributed by atoms with Crippen LogP contribution in [0.3, 0.4) is 0 Å². The molecule has 32 heavy (non-hydrogen) atoms. The monoisotopic (exact) mass is 448 g/mol. The lowest BCUT2D eigenvalue weighted by Crippen LogP contribution is -2.36. The molecule has 0 aromatic rings. The third-order valence-electron chi connectivity index (χ3n) is 6.98. The minimum Gasteiger partial charge on any atom is -0.481 e. The average molecular weight is 449 g/mol. The Morgan fingerprint density at radius 1 is 1.19 bits per heavy atom. The number of carboxylic acid groups (broad SMARTS) is 1. The lowest BCUT2D eigenvalue weighted by Gasteiger charge is -2.35. The Balaban J connectivity index is 1.95. The molecular formula is C27H44O5. The van der Waals surface area contributed by atoms with Crippen molar-refractivity contribution >= 4 is 5.97 Å². The molecule has 1 saturated heterocycles. The molecule has 2 N–H and O–H groups in total. The molecule has 2 fully saturated rings. The Hall–Kier alpha value is -1.35. The molecule has 0 amide bonds. The maximum absolute atomic E-state index is 10.6. The van der Waals surface area contributed by atoms with Crippen molar-refractivity contribution in [2.75, 3.05) is 6.61 Å². The summed E-state index contributed by atoms with van der Waals surface area (Å²) < 4.78 is 12.3. The molecule has 5 heteroatoms. The maximum Gasteiger partial charge on any atom is 0.303 e. The van der Waals surface area contributed by atoms with Crippen LogP contribution < -0.4 is 0 Å². The van der Waals surface area contributed by atoms with Crippen molar-refractivity contribution in [1.29, 1.82) is 0 Å². The zero-order chi connectivity index (χ0) is 23.4. The smallest absolute Gasteiger partial charge is 0.303 e. The number of aliphatic carboxylic acids is 1. The van der Waals surface area contributed by atoms with E-state index in [1.54, 1.807) is 0 Å². The highest BCUT2D eigenvalue weighted by molar-refractivity contribution is 5.66. The third kappa shape index (κ3) is 9.25. The predicted octanol–water partition coefficient (Wildman–Crippen LogP) is 5.71. The SMILES string of the molecule is CC#CCC(C)(C)[C@@H](C=C[C@H]1CC[C@H](O)[C@@H]1CCCCCCC(=O)O)OC1CCCCO1. The van der Waals surface area contributed by atoms with Crippen LogP contribution in [0.15, 0.2) is 12.2 Å². The first kappa shape index (κ1) is 26.9. The molecule has 0 aromatic carbocycles. The van der Waals surface area contributed by atoms with Gasteiger partial charge in [0, 0.05) is 24.9 Å². The van der Waals surface area contributed by atoms with Crippen LogP contribution >= 0.6 is 0 Å². The second-order valence-corrected chi connectivity index (χ2v) is 10.1. The van der Waals surface area contributed by atoms with Gasteiger partial charge in [0.2, 0.25) is 0 Å². The lowest BCUT2D eigenvalue weighted by molar-refractivity contribution is -0.196. The average Bonchev–Trinajstić information content (AvgIpc) is 3.12. The van der Waals surface area contributed by atoms with Gasteiger partial charge in [-0.05, 0) is 63.7 Å². The topological polar surface area (TPSA) is 76.0 Å². The van der Waals surface area contributed by atoms with Crippen molar-refractivity contribution in [3.05, 3.63) is 12.2 Å². The fourth-order valence-corrected chi connectivity index (χ4v) is 4.86. The number of ether oxygens (including phenoxy) is 2. The molecule has 182 valence electrons. The van der Waals surface area contributed by atoms with Crippen LogP contribution in [0.1, 0.15) is 97.8 Å². The molecule has 0 aromatic heterocycles. The van der Waals surface area contributed by atoms with Gasteiger partial charge in [0.15, 0.2) is 6.29 Å². The molecule has 0 bridgehead atoms. The molecular weight excluding hydrogens is 404 g/mol. The number of unbranched alkanes of at least 4 members (excludes halogenated alkanes) is 3. The Kier molecular flexibility index (Phi) is 11.8. The quantitative estimate of drug-likeness (QED) is 0.214. The van der Waals surface area contributed by atoms with Gasteiger partial charge in [-0.25, -0.2) is 0 Å². The summed E-state index contributed by atoms with van der Waals surface area (Å²) in [6, 6.07) is 0. The summed E-state index contributed by atoms with van der Waals surface area (Å²) in [5.74, 6) is 6.14. The summed E-state index contributed by atoms with van der Waals surface area (Å²) >= 11 is 0. The highest BCUT2D eigenvalue weighted by Crippen LogP contribution is 2.38. The maximum atomic E-state index is 10.6. The van der Waals surface area contributed by atoms with Crippen LogP contribution in [0.5, 0.6) is 0 Å². The Bertz CT molecular complexity index is 638. The zero-order valence-corrected chi connectivity index (χ0v) is 20.4. The first-order valence-electron chi connectivity index (χ1n) is 12.6. The van der Waals surface area contributed by atoms with Crippen molar-refractivity contribution in [3.63, 3.8) is 0 Å². The molecule has 0 spiro atoms. The summed E-state index contributed by atoms with van der Waals surface area (Å²) in [6.07, 6.45) is 14.8. The van der Waals surface area contributed by atoms with E-state index in [-0.39, 0.29) is 36.3 Å². The number of hydrogen-bond donors (Lipinski definition) is 2. The summed E-state index contributed by atoms with van der Waals surface area (Å²) in [7, 11) is 0. The fourth-order valence-electron chi connectivity index (χ4n) is 4.86. The minimum atomic E-state index is -0.718. The summed E-state index contributed by atoms with van der Waals surface area (Å²) in [5, 5.41) is 19.3. The van der Waals surface area contributed by atoms with Crippen molar-refractivity contribution < 1.29 is 24.5 Å². The highest BCUT2D eigenvalue weighted by Gasteiger charge is 2.35. The van der Waals surface area contributed by atoms with Crippen LogP contribution in [0.4, 0.5) is 0 Å². The van der Waals surface area contributed by atoms with Gasteiger partial charge in [-0.15, -0.1) is 11.8 Å². The number of hydrogen-bond acceptors (Lipinski definition) is 4. The van der Waals surface area contributed by atoms with Crippen LogP contribution in [0.25, 0.3) is 0 Å². The second kappa shape index (κ2) is 14.0. The van der Waals surface area contributed by atoms with Gasteiger partial charge in [-0.1, -0.05) is 45.3 Å². The second-order valence-electron chi connectivity index (χ2n) is 10.1. The first-order valence-corrected chi connectivity index (χ1v) is 12.6. The Morgan fingerprint density at radius 3 is 2.66 bits per heavy atom. The van der Waals surface area contributed by atoms with Gasteiger partial charge in [0.1, 0.15) is 0 Å². The summed E-state index contributed by atoms with van der Waals surface area (Å²) in [6.45, 7) is 7.04. The van der Waals surface area contributed by atoms with Crippen molar-refractivity contribution in [1.82, 2.24) is 0 Å². The largest absolute Gasteiger partial charge is 0.481 e. The number of aliphatic hydroxyl groups excluding tert-OH is 1. The molecule has 1 aliphatic heterocycles. The van der Waals surface area contributed by atoms with Crippen LogP contribution in [-0.4, -0.2) is 41.3 Å². The molecule has 1 heterocycles. The van der Waals surface area contributed by atoms with Crippen LogP contribution in [-0.2, 0) is 14.3 Å². The van der Waals surface area contributed by atoms with E-state index in [1.165, 1.54) is 0 Å². The lowest BCUT2D eigenvalue weighted by atomic mass is 9.81. The number of allylic oxidation sites excluding steroid dienone is 1. The molecule has 1 saturated carbocycles. The number of rotatable bonds is 13. The zero-order valence-electron chi connectivity index (χ0n) is 20.4. The van der Waals surface area contributed by atoms with E-state index >= 15 is 0 Å². The van der Waals surface area contributed by atoms with Crippen LogP contribution in [0, 0.1) is 29.1 Å². The molecule has 5 atom stereocenters. The van der Waals surface area contributed by atoms with Gasteiger partial charge < -0.3 is 19.7 Å². The van der Waals surface area contributed by atoms with E-state index < -0.39 is 5.97 Å². The highest BCUT2D eigenvalue weighted by atomic mass is 16.7. The molecule has 2 rings (SSSR count).